The van der Waals surface area contributed by atoms with Crippen LogP contribution in [0.2, 0.25) is 0 Å². The van der Waals surface area contributed by atoms with E-state index in [0.717, 1.165) is 12.8 Å². The van der Waals surface area contributed by atoms with Crippen LogP contribution in [0, 0.1) is 6.92 Å². The topological polar surface area (TPSA) is 80.3 Å². The van der Waals surface area contributed by atoms with Crippen molar-refractivity contribution in [1.82, 2.24) is 15.6 Å². The second-order valence-corrected chi connectivity index (χ2v) is 8.27. The molecule has 2 rings (SSSR count). The number of carbonyl (C=O) groups is 2. The summed E-state index contributed by atoms with van der Waals surface area (Å²) in [7, 11) is 0. The number of alkyl carbamates (subject to hydrolysis) is 1. The second kappa shape index (κ2) is 7.96. The highest BCUT2D eigenvalue weighted by atomic mass is 32.1. The first-order valence-electron chi connectivity index (χ1n) is 8.48. The lowest BCUT2D eigenvalue weighted by Gasteiger charge is -2.22. The van der Waals surface area contributed by atoms with Crippen molar-refractivity contribution in [3.8, 4) is 0 Å². The summed E-state index contributed by atoms with van der Waals surface area (Å²) in [4.78, 5) is 29.1. The van der Waals surface area contributed by atoms with Crippen molar-refractivity contribution in [2.45, 2.75) is 78.0 Å². The molecule has 1 aliphatic carbocycles. The number of nitrogens with zero attached hydrogens (tertiary/aromatic N) is 1. The zero-order chi connectivity index (χ0) is 17.7. The molecule has 0 aromatic carbocycles. The van der Waals surface area contributed by atoms with E-state index >= 15 is 0 Å². The minimum absolute atomic E-state index is 0.0552. The quantitative estimate of drug-likeness (QED) is 0.867. The zero-order valence-corrected chi connectivity index (χ0v) is 15.7. The van der Waals surface area contributed by atoms with Gasteiger partial charge in [-0.3, -0.25) is 4.79 Å². The molecule has 0 atom stereocenters. The van der Waals surface area contributed by atoms with E-state index in [0.29, 0.717) is 15.6 Å². The average Bonchev–Trinajstić information content (AvgIpc) is 2.86. The van der Waals surface area contributed by atoms with Crippen LogP contribution in [0.15, 0.2) is 0 Å². The molecule has 2 N–H and O–H groups in total. The number of nitrogens with one attached hydrogen (secondary N) is 2. The summed E-state index contributed by atoms with van der Waals surface area (Å²) in [5.74, 6) is -0.0552. The van der Waals surface area contributed by atoms with Gasteiger partial charge >= 0.3 is 6.09 Å². The van der Waals surface area contributed by atoms with Crippen LogP contribution in [0.3, 0.4) is 0 Å². The van der Waals surface area contributed by atoms with E-state index in [1.165, 1.54) is 30.6 Å². The number of amides is 2. The lowest BCUT2D eigenvalue weighted by Crippen LogP contribution is -2.36. The smallest absolute Gasteiger partial charge is 0.408 e. The van der Waals surface area contributed by atoms with Crippen molar-refractivity contribution in [1.29, 1.82) is 0 Å². The third-order valence-corrected chi connectivity index (χ3v) is 4.93. The van der Waals surface area contributed by atoms with Crippen LogP contribution in [-0.4, -0.2) is 28.6 Å². The third kappa shape index (κ3) is 5.78. The highest BCUT2D eigenvalue weighted by Crippen LogP contribution is 2.21. The zero-order valence-electron chi connectivity index (χ0n) is 14.9. The largest absolute Gasteiger partial charge is 0.444 e. The minimum Gasteiger partial charge on any atom is -0.444 e. The number of hydrogen-bond acceptors (Lipinski definition) is 5. The molecular formula is C17H27N3O3S. The number of aromatic nitrogens is 1. The van der Waals surface area contributed by atoms with E-state index in [4.69, 9.17) is 4.74 Å². The highest BCUT2D eigenvalue weighted by Gasteiger charge is 2.21. The molecule has 134 valence electrons. The Morgan fingerprint density at radius 1 is 1.25 bits per heavy atom. The fourth-order valence-electron chi connectivity index (χ4n) is 2.70. The number of aryl methyl sites for hydroxylation is 1. The first-order chi connectivity index (χ1) is 11.2. The van der Waals surface area contributed by atoms with Gasteiger partial charge in [-0.1, -0.05) is 19.3 Å². The van der Waals surface area contributed by atoms with E-state index in [1.54, 1.807) is 0 Å². The Hall–Kier alpha value is -1.63. The van der Waals surface area contributed by atoms with Crippen LogP contribution >= 0.6 is 11.3 Å². The maximum absolute atomic E-state index is 12.4. The van der Waals surface area contributed by atoms with Crippen LogP contribution < -0.4 is 10.6 Å². The van der Waals surface area contributed by atoms with Crippen molar-refractivity contribution in [2.24, 2.45) is 0 Å². The Balaban J connectivity index is 1.89. The van der Waals surface area contributed by atoms with Gasteiger partial charge in [0.2, 0.25) is 0 Å². The Morgan fingerprint density at radius 3 is 2.54 bits per heavy atom. The van der Waals surface area contributed by atoms with Crippen molar-refractivity contribution in [2.75, 3.05) is 0 Å². The first-order valence-corrected chi connectivity index (χ1v) is 9.30. The molecule has 0 unspecified atom stereocenters. The van der Waals surface area contributed by atoms with Gasteiger partial charge in [-0.05, 0) is 40.5 Å². The molecule has 0 radical (unpaired) electrons. The normalized spacial score (nSPS) is 15.8. The maximum Gasteiger partial charge on any atom is 0.408 e. The summed E-state index contributed by atoms with van der Waals surface area (Å²) in [6.07, 6.45) is 5.23. The number of rotatable bonds is 4. The van der Waals surface area contributed by atoms with Gasteiger partial charge in [-0.2, -0.15) is 0 Å². The van der Waals surface area contributed by atoms with Gasteiger partial charge in [-0.15, -0.1) is 11.3 Å². The van der Waals surface area contributed by atoms with Crippen LogP contribution in [-0.2, 0) is 11.3 Å². The first kappa shape index (κ1) is 18.7. The molecule has 1 aromatic rings. The van der Waals surface area contributed by atoms with E-state index in [2.05, 4.69) is 15.6 Å². The van der Waals surface area contributed by atoms with Gasteiger partial charge in [0.1, 0.15) is 15.5 Å². The summed E-state index contributed by atoms with van der Waals surface area (Å²) in [5, 5.41) is 6.48. The number of thiazole rings is 1. The van der Waals surface area contributed by atoms with Crippen LogP contribution in [0.5, 0.6) is 0 Å². The van der Waals surface area contributed by atoms with E-state index in [9.17, 15) is 9.59 Å². The van der Waals surface area contributed by atoms with Crippen molar-refractivity contribution >= 4 is 23.3 Å². The molecule has 1 aliphatic rings. The minimum atomic E-state index is -0.534. The second-order valence-electron chi connectivity index (χ2n) is 7.19. The standard InChI is InChI=1S/C17H27N3O3S/c1-11-14(15(21)20-12-8-6-5-7-9-12)24-13(19-11)10-18-16(22)23-17(2,3)4/h12H,5-10H2,1-4H3,(H,18,22)(H,20,21). The molecule has 0 spiro atoms. The molecule has 7 heteroatoms. The lowest BCUT2D eigenvalue weighted by atomic mass is 9.95. The summed E-state index contributed by atoms with van der Waals surface area (Å²) in [6, 6.07) is 0.274. The molecule has 1 fully saturated rings. The molecule has 1 aromatic heterocycles. The molecule has 1 saturated carbocycles. The van der Waals surface area contributed by atoms with Gasteiger partial charge < -0.3 is 15.4 Å². The predicted octanol–water partition coefficient (Wildman–Crippen LogP) is 3.54. The van der Waals surface area contributed by atoms with Gasteiger partial charge in [0, 0.05) is 6.04 Å². The molecule has 1 heterocycles. The van der Waals surface area contributed by atoms with Gasteiger partial charge in [0.05, 0.1) is 12.2 Å². The Kier molecular flexibility index (Phi) is 6.21. The summed E-state index contributed by atoms with van der Waals surface area (Å²) in [5.41, 5.74) is 0.169. The maximum atomic E-state index is 12.4. The van der Waals surface area contributed by atoms with Crippen LogP contribution in [0.4, 0.5) is 4.79 Å². The predicted molar refractivity (Wildman–Crippen MR) is 94.3 cm³/mol. The monoisotopic (exact) mass is 353 g/mol. The number of carbonyl (C=O) groups excluding carboxylic acids is 2. The van der Waals surface area contributed by atoms with Gasteiger partial charge in [0.15, 0.2) is 0 Å². The lowest BCUT2D eigenvalue weighted by molar-refractivity contribution is 0.0523. The SMILES string of the molecule is Cc1nc(CNC(=O)OC(C)(C)C)sc1C(=O)NC1CCCCC1. The van der Waals surface area contributed by atoms with Crippen LogP contribution in [0.25, 0.3) is 0 Å². The molecule has 0 saturated heterocycles. The molecule has 6 nitrogen and oxygen atoms in total. The average molecular weight is 353 g/mol. The van der Waals surface area contributed by atoms with Crippen LogP contribution in [0.1, 0.15) is 73.2 Å². The molecule has 0 aliphatic heterocycles. The molecule has 0 bridgehead atoms. The van der Waals surface area contributed by atoms with Crippen molar-refractivity contribution < 1.29 is 14.3 Å². The Bertz CT molecular complexity index is 586. The summed E-state index contributed by atoms with van der Waals surface area (Å²) < 4.78 is 5.19. The van der Waals surface area contributed by atoms with Gasteiger partial charge in [0.25, 0.3) is 5.91 Å². The number of hydrogen-bond donors (Lipinski definition) is 2. The molecule has 24 heavy (non-hydrogen) atoms. The fraction of sp³-hybridized carbons (Fsp3) is 0.706. The van der Waals surface area contributed by atoms with Gasteiger partial charge in [-0.25, -0.2) is 9.78 Å². The number of ether oxygens (including phenoxy) is 1. The van der Waals surface area contributed by atoms with Crippen molar-refractivity contribution in [3.63, 3.8) is 0 Å². The Morgan fingerprint density at radius 2 is 1.92 bits per heavy atom. The summed E-state index contributed by atoms with van der Waals surface area (Å²) >= 11 is 1.32. The van der Waals surface area contributed by atoms with E-state index < -0.39 is 11.7 Å². The molecular weight excluding hydrogens is 326 g/mol. The Labute approximate surface area is 147 Å². The summed E-state index contributed by atoms with van der Waals surface area (Å²) in [6.45, 7) is 7.52. The fourth-order valence-corrected chi connectivity index (χ4v) is 3.61. The third-order valence-electron chi connectivity index (χ3n) is 3.77. The van der Waals surface area contributed by atoms with Crippen molar-refractivity contribution in [3.05, 3.63) is 15.6 Å². The molecule has 2 amide bonds. The van der Waals surface area contributed by atoms with E-state index in [1.807, 2.05) is 27.7 Å². The highest BCUT2D eigenvalue weighted by molar-refractivity contribution is 7.13. The van der Waals surface area contributed by atoms with E-state index in [-0.39, 0.29) is 18.5 Å².